The topological polar surface area (TPSA) is 65.7 Å². The van der Waals surface area contributed by atoms with Gasteiger partial charge in [-0.2, -0.15) is 0 Å². The summed E-state index contributed by atoms with van der Waals surface area (Å²) in [4.78, 5) is 24.3. The summed E-state index contributed by atoms with van der Waals surface area (Å²) in [6.07, 6.45) is 0.840. The number of aryl methyl sites for hydroxylation is 1. The average Bonchev–Trinajstić information content (AvgIpc) is 2.65. The van der Waals surface area contributed by atoms with E-state index in [2.05, 4.69) is 0 Å². The van der Waals surface area contributed by atoms with Crippen LogP contribution in [0.4, 0.5) is 0 Å². The van der Waals surface area contributed by atoms with Crippen molar-refractivity contribution in [1.82, 2.24) is 0 Å². The Morgan fingerprint density at radius 1 is 1.08 bits per heavy atom. The minimum Gasteiger partial charge on any atom is -0.493 e. The van der Waals surface area contributed by atoms with Crippen LogP contribution in [0.25, 0.3) is 11.0 Å². The van der Waals surface area contributed by atoms with E-state index in [1.165, 1.54) is 6.07 Å². The first-order valence-electron chi connectivity index (χ1n) is 8.57. The highest BCUT2D eigenvalue weighted by molar-refractivity contribution is 5.92. The SMILES string of the molecule is CCOc1ccccc1C(=O)OCc1cc(=O)oc2cc(CC)ccc12. The van der Waals surface area contributed by atoms with Gasteiger partial charge in [0, 0.05) is 17.0 Å². The molecule has 0 N–H and O–H groups in total. The second-order valence-corrected chi connectivity index (χ2v) is 5.78. The summed E-state index contributed by atoms with van der Waals surface area (Å²) < 4.78 is 16.2. The number of carbonyl (C=O) groups excluding carboxylic acids is 1. The van der Waals surface area contributed by atoms with E-state index in [-0.39, 0.29) is 6.61 Å². The zero-order valence-corrected chi connectivity index (χ0v) is 14.8. The number of hydrogen-bond donors (Lipinski definition) is 0. The molecule has 0 aliphatic heterocycles. The zero-order valence-electron chi connectivity index (χ0n) is 14.8. The fourth-order valence-electron chi connectivity index (χ4n) is 2.75. The molecule has 0 spiro atoms. The molecule has 0 fully saturated rings. The number of fused-ring (bicyclic) bond motifs is 1. The third-order valence-electron chi connectivity index (χ3n) is 4.07. The van der Waals surface area contributed by atoms with Crippen molar-refractivity contribution in [3.63, 3.8) is 0 Å². The van der Waals surface area contributed by atoms with Crippen LogP contribution in [0, 0.1) is 0 Å². The predicted octanol–water partition coefficient (Wildman–Crippen LogP) is 4.11. The summed E-state index contributed by atoms with van der Waals surface area (Å²) in [6.45, 7) is 4.31. The van der Waals surface area contributed by atoms with E-state index in [0.717, 1.165) is 17.4 Å². The van der Waals surface area contributed by atoms with Crippen molar-refractivity contribution < 1.29 is 18.7 Å². The third kappa shape index (κ3) is 3.77. The fourth-order valence-corrected chi connectivity index (χ4v) is 2.75. The Labute approximate surface area is 151 Å². The van der Waals surface area contributed by atoms with Crippen LogP contribution < -0.4 is 10.4 Å². The van der Waals surface area contributed by atoms with E-state index >= 15 is 0 Å². The molecule has 0 atom stereocenters. The van der Waals surface area contributed by atoms with Gasteiger partial charge >= 0.3 is 11.6 Å². The van der Waals surface area contributed by atoms with Crippen LogP contribution in [-0.2, 0) is 17.8 Å². The molecule has 0 aliphatic carbocycles. The summed E-state index contributed by atoms with van der Waals surface area (Å²) in [5.74, 6) is -0.0226. The molecule has 2 aromatic carbocycles. The number of benzene rings is 2. The monoisotopic (exact) mass is 352 g/mol. The number of esters is 1. The lowest BCUT2D eigenvalue weighted by molar-refractivity contribution is 0.0469. The van der Waals surface area contributed by atoms with E-state index in [1.807, 2.05) is 32.0 Å². The maximum absolute atomic E-state index is 12.4. The van der Waals surface area contributed by atoms with Gasteiger partial charge in [0.05, 0.1) is 6.61 Å². The van der Waals surface area contributed by atoms with Crippen LogP contribution in [-0.4, -0.2) is 12.6 Å². The number of hydrogen-bond acceptors (Lipinski definition) is 5. The molecule has 0 aliphatic rings. The smallest absolute Gasteiger partial charge is 0.342 e. The minimum atomic E-state index is -0.499. The van der Waals surface area contributed by atoms with Crippen LogP contribution >= 0.6 is 0 Å². The van der Waals surface area contributed by atoms with Crippen molar-refractivity contribution in [3.05, 3.63) is 75.6 Å². The molecule has 3 aromatic rings. The van der Waals surface area contributed by atoms with Crippen molar-refractivity contribution >= 4 is 16.9 Å². The number of carbonyl (C=O) groups is 1. The Balaban J connectivity index is 1.86. The van der Waals surface area contributed by atoms with Crippen LogP contribution in [0.5, 0.6) is 5.75 Å². The van der Waals surface area contributed by atoms with Gasteiger partial charge in [-0.25, -0.2) is 9.59 Å². The molecular formula is C21H20O5. The average molecular weight is 352 g/mol. The Bertz CT molecular complexity index is 987. The molecule has 5 nitrogen and oxygen atoms in total. The first-order chi connectivity index (χ1) is 12.6. The maximum atomic E-state index is 12.4. The lowest BCUT2D eigenvalue weighted by Gasteiger charge is -2.11. The Hall–Kier alpha value is -3.08. The predicted molar refractivity (Wildman–Crippen MR) is 98.6 cm³/mol. The Kier molecular flexibility index (Phi) is 5.37. The van der Waals surface area contributed by atoms with Crippen LogP contribution in [0.1, 0.15) is 35.3 Å². The molecule has 0 bridgehead atoms. The number of para-hydroxylation sites is 1. The first-order valence-corrected chi connectivity index (χ1v) is 8.57. The number of rotatable bonds is 6. The van der Waals surface area contributed by atoms with Crippen molar-refractivity contribution in [1.29, 1.82) is 0 Å². The molecule has 26 heavy (non-hydrogen) atoms. The van der Waals surface area contributed by atoms with E-state index in [9.17, 15) is 9.59 Å². The van der Waals surface area contributed by atoms with Crippen molar-refractivity contribution in [2.75, 3.05) is 6.61 Å². The van der Waals surface area contributed by atoms with Crippen LogP contribution in [0.2, 0.25) is 0 Å². The molecule has 1 aromatic heterocycles. The summed E-state index contributed by atoms with van der Waals surface area (Å²) in [7, 11) is 0. The summed E-state index contributed by atoms with van der Waals surface area (Å²) in [5.41, 5.74) is 2.07. The summed E-state index contributed by atoms with van der Waals surface area (Å²) in [6, 6.07) is 14.0. The molecule has 0 unspecified atom stereocenters. The third-order valence-corrected chi connectivity index (χ3v) is 4.07. The van der Waals surface area contributed by atoms with E-state index in [4.69, 9.17) is 13.9 Å². The molecule has 0 amide bonds. The highest BCUT2D eigenvalue weighted by Gasteiger charge is 2.15. The van der Waals surface area contributed by atoms with Gasteiger partial charge in [-0.15, -0.1) is 0 Å². The van der Waals surface area contributed by atoms with Crippen LogP contribution in [0.15, 0.2) is 57.7 Å². The first kappa shape index (κ1) is 17.7. The summed E-state index contributed by atoms with van der Waals surface area (Å²) in [5, 5.41) is 0.757. The van der Waals surface area contributed by atoms with Gasteiger partial charge in [-0.1, -0.05) is 31.2 Å². The normalized spacial score (nSPS) is 10.7. The zero-order chi connectivity index (χ0) is 18.5. The van der Waals surface area contributed by atoms with Gasteiger partial charge in [0.25, 0.3) is 0 Å². The quantitative estimate of drug-likeness (QED) is 0.493. The second-order valence-electron chi connectivity index (χ2n) is 5.78. The van der Waals surface area contributed by atoms with E-state index in [1.54, 1.807) is 24.3 Å². The lowest BCUT2D eigenvalue weighted by atomic mass is 10.1. The van der Waals surface area contributed by atoms with Crippen molar-refractivity contribution in [2.24, 2.45) is 0 Å². The highest BCUT2D eigenvalue weighted by atomic mass is 16.5. The minimum absolute atomic E-state index is 0.0210. The molecule has 0 saturated carbocycles. The highest BCUT2D eigenvalue weighted by Crippen LogP contribution is 2.22. The Morgan fingerprint density at radius 3 is 2.65 bits per heavy atom. The molecule has 0 radical (unpaired) electrons. The fraction of sp³-hybridized carbons (Fsp3) is 0.238. The van der Waals surface area contributed by atoms with Gasteiger partial charge < -0.3 is 13.9 Å². The van der Waals surface area contributed by atoms with Gasteiger partial charge in [0.2, 0.25) is 0 Å². The van der Waals surface area contributed by atoms with Gasteiger partial charge in [-0.05, 0) is 37.1 Å². The van der Waals surface area contributed by atoms with Gasteiger partial charge in [0.15, 0.2) is 0 Å². The van der Waals surface area contributed by atoms with Crippen molar-refractivity contribution in [2.45, 2.75) is 26.9 Å². The Morgan fingerprint density at radius 2 is 1.88 bits per heavy atom. The van der Waals surface area contributed by atoms with Crippen molar-refractivity contribution in [3.8, 4) is 5.75 Å². The van der Waals surface area contributed by atoms with Gasteiger partial charge in [0.1, 0.15) is 23.5 Å². The second kappa shape index (κ2) is 7.87. The van der Waals surface area contributed by atoms with E-state index < -0.39 is 11.6 Å². The summed E-state index contributed by atoms with van der Waals surface area (Å²) >= 11 is 0. The largest absolute Gasteiger partial charge is 0.493 e. The standard InChI is InChI=1S/C21H20O5/c1-3-14-9-10-16-15(12-20(22)26-19(16)11-14)13-25-21(23)17-7-5-6-8-18(17)24-4-2/h5-12H,3-4,13H2,1-2H3. The van der Waals surface area contributed by atoms with Gasteiger partial charge in [-0.3, -0.25) is 0 Å². The van der Waals surface area contributed by atoms with Crippen LogP contribution in [0.3, 0.4) is 0 Å². The molecule has 1 heterocycles. The molecule has 0 saturated heterocycles. The maximum Gasteiger partial charge on any atom is 0.342 e. The molecule has 3 rings (SSSR count). The molecule has 134 valence electrons. The lowest BCUT2D eigenvalue weighted by Crippen LogP contribution is -2.09. The molecule has 5 heteroatoms. The molecular weight excluding hydrogens is 332 g/mol. The van der Waals surface area contributed by atoms with E-state index in [0.29, 0.717) is 29.1 Å². The number of ether oxygens (including phenoxy) is 2.